The summed E-state index contributed by atoms with van der Waals surface area (Å²) in [6.45, 7) is 10.4. The highest BCUT2D eigenvalue weighted by molar-refractivity contribution is 5.08. The molecule has 0 aromatic carbocycles. The van der Waals surface area contributed by atoms with Gasteiger partial charge in [-0.3, -0.25) is 0 Å². The van der Waals surface area contributed by atoms with Gasteiger partial charge in [0.05, 0.1) is 0 Å². The van der Waals surface area contributed by atoms with Crippen molar-refractivity contribution in [3.63, 3.8) is 0 Å². The lowest BCUT2D eigenvalue weighted by atomic mass is 9.44. The minimum Gasteiger partial charge on any atom is -0.0625 e. The van der Waals surface area contributed by atoms with E-state index in [1.807, 2.05) is 0 Å². The Morgan fingerprint density at radius 2 is 1.50 bits per heavy atom. The number of hydrogen-bond donors (Lipinski definition) is 0. The van der Waals surface area contributed by atoms with Crippen LogP contribution in [0, 0.1) is 46.3 Å². The van der Waals surface area contributed by atoms with E-state index >= 15 is 0 Å². The summed E-state index contributed by atoms with van der Waals surface area (Å²) in [6.07, 6.45) is 15.5. The van der Waals surface area contributed by atoms with Crippen LogP contribution in [0.25, 0.3) is 0 Å². The van der Waals surface area contributed by atoms with E-state index in [1.165, 1.54) is 19.3 Å². The van der Waals surface area contributed by atoms with Crippen molar-refractivity contribution in [3.8, 4) is 0 Å². The zero-order valence-corrected chi connectivity index (χ0v) is 15.5. The summed E-state index contributed by atoms with van der Waals surface area (Å²) in [7, 11) is 0. The largest absolute Gasteiger partial charge is 0.0625 e. The molecule has 4 rings (SSSR count). The molecule has 22 heavy (non-hydrogen) atoms. The molecule has 0 spiro atoms. The molecule has 2 unspecified atom stereocenters. The molecule has 0 saturated heterocycles. The summed E-state index contributed by atoms with van der Waals surface area (Å²) in [5.41, 5.74) is 1.41. The van der Waals surface area contributed by atoms with E-state index in [4.69, 9.17) is 0 Å². The molecule has 0 radical (unpaired) electrons. The molecular weight excluding hydrogens is 264 g/mol. The van der Waals surface area contributed by atoms with Crippen molar-refractivity contribution in [2.45, 2.75) is 91.9 Å². The molecule has 126 valence electrons. The van der Waals surface area contributed by atoms with E-state index < -0.39 is 0 Å². The Labute approximate surface area is 138 Å². The summed E-state index contributed by atoms with van der Waals surface area (Å²) in [5, 5.41) is 0. The lowest BCUT2D eigenvalue weighted by molar-refractivity contribution is -0.113. The first-order valence-corrected chi connectivity index (χ1v) is 10.5. The van der Waals surface area contributed by atoms with Gasteiger partial charge in [0.25, 0.3) is 0 Å². The van der Waals surface area contributed by atoms with Crippen molar-refractivity contribution in [2.75, 3.05) is 0 Å². The lowest BCUT2D eigenvalue weighted by Gasteiger charge is -2.60. The number of hydrogen-bond acceptors (Lipinski definition) is 0. The first-order valence-electron chi connectivity index (χ1n) is 10.5. The summed E-state index contributed by atoms with van der Waals surface area (Å²) < 4.78 is 0. The molecule has 0 amide bonds. The van der Waals surface area contributed by atoms with Gasteiger partial charge in [0.2, 0.25) is 0 Å². The summed E-state index contributed by atoms with van der Waals surface area (Å²) >= 11 is 0. The van der Waals surface area contributed by atoms with Gasteiger partial charge < -0.3 is 0 Å². The summed E-state index contributed by atoms with van der Waals surface area (Å²) in [5.74, 6) is 6.22. The van der Waals surface area contributed by atoms with Crippen molar-refractivity contribution in [2.24, 2.45) is 46.3 Å². The highest BCUT2D eigenvalue weighted by atomic mass is 14.6. The molecule has 0 heteroatoms. The molecule has 0 aromatic heterocycles. The van der Waals surface area contributed by atoms with E-state index in [2.05, 4.69) is 27.7 Å². The van der Waals surface area contributed by atoms with Crippen molar-refractivity contribution in [3.05, 3.63) is 0 Å². The number of rotatable bonds is 1. The van der Waals surface area contributed by atoms with E-state index in [0.717, 1.165) is 40.9 Å². The summed E-state index contributed by atoms with van der Waals surface area (Å²) in [4.78, 5) is 0. The predicted octanol–water partition coefficient (Wildman–Crippen LogP) is 6.69. The van der Waals surface area contributed by atoms with Crippen LogP contribution in [0.3, 0.4) is 0 Å². The molecule has 4 aliphatic rings. The summed E-state index contributed by atoms with van der Waals surface area (Å²) in [6, 6.07) is 0. The quantitative estimate of drug-likeness (QED) is 0.506. The second kappa shape index (κ2) is 5.25. The van der Waals surface area contributed by atoms with Crippen molar-refractivity contribution in [1.82, 2.24) is 0 Å². The van der Waals surface area contributed by atoms with Crippen LogP contribution in [0.15, 0.2) is 0 Å². The zero-order chi connectivity index (χ0) is 15.5. The molecule has 0 heterocycles. The van der Waals surface area contributed by atoms with Gasteiger partial charge in [-0.15, -0.1) is 0 Å². The Morgan fingerprint density at radius 3 is 2.27 bits per heavy atom. The molecular formula is C22H38. The Kier molecular flexibility index (Phi) is 3.70. The SMILES string of the molecule is CC(C)C1CC[C@H]2[C@@H]3CCC4CCCC[C@]4(C)[C@H]3CC[C@]12C. The van der Waals surface area contributed by atoms with Gasteiger partial charge in [-0.25, -0.2) is 0 Å². The topological polar surface area (TPSA) is 0 Å². The molecule has 0 N–H and O–H groups in total. The normalized spacial score (nSPS) is 54.7. The highest BCUT2D eigenvalue weighted by Gasteiger charge is 2.59. The molecule has 7 atom stereocenters. The zero-order valence-electron chi connectivity index (χ0n) is 15.5. The van der Waals surface area contributed by atoms with E-state index in [0.29, 0.717) is 5.41 Å². The Morgan fingerprint density at radius 1 is 0.727 bits per heavy atom. The van der Waals surface area contributed by atoms with Crippen LogP contribution < -0.4 is 0 Å². The molecule has 0 aromatic rings. The van der Waals surface area contributed by atoms with Crippen molar-refractivity contribution in [1.29, 1.82) is 0 Å². The fourth-order valence-corrected chi connectivity index (χ4v) is 8.43. The third-order valence-corrected chi connectivity index (χ3v) is 9.46. The maximum Gasteiger partial charge on any atom is -0.0264 e. The second-order valence-electron chi connectivity index (χ2n) is 10.4. The molecule has 0 bridgehead atoms. The van der Waals surface area contributed by atoms with Crippen LogP contribution in [0.2, 0.25) is 0 Å². The van der Waals surface area contributed by atoms with Gasteiger partial charge in [-0.05, 0) is 97.7 Å². The first-order chi connectivity index (χ1) is 10.5. The predicted molar refractivity (Wildman–Crippen MR) is 94.7 cm³/mol. The average molecular weight is 303 g/mol. The standard InChI is InChI=1S/C22H38/c1-15(2)18-10-11-19-17-9-8-16-7-5-6-13-21(16,3)20(17)12-14-22(18,19)4/h15-20H,5-14H2,1-4H3/t16?,17-,18?,19-,20-,21-,22+/m0/s1. The van der Waals surface area contributed by atoms with Gasteiger partial charge in [0, 0.05) is 0 Å². The monoisotopic (exact) mass is 302 g/mol. The van der Waals surface area contributed by atoms with Crippen LogP contribution in [-0.2, 0) is 0 Å². The van der Waals surface area contributed by atoms with Crippen LogP contribution >= 0.6 is 0 Å². The highest BCUT2D eigenvalue weighted by Crippen LogP contribution is 2.68. The number of fused-ring (bicyclic) bond motifs is 5. The smallest absolute Gasteiger partial charge is 0.0264 e. The third kappa shape index (κ3) is 2.01. The molecule has 4 saturated carbocycles. The van der Waals surface area contributed by atoms with E-state index in [9.17, 15) is 0 Å². The Bertz CT molecular complexity index is 424. The van der Waals surface area contributed by atoms with Crippen LogP contribution in [0.4, 0.5) is 0 Å². The van der Waals surface area contributed by atoms with Crippen molar-refractivity contribution < 1.29 is 0 Å². The molecule has 0 aliphatic heterocycles. The fraction of sp³-hybridized carbons (Fsp3) is 1.00. The fourth-order valence-electron chi connectivity index (χ4n) is 8.43. The molecule has 4 fully saturated rings. The van der Waals surface area contributed by atoms with E-state index in [1.54, 1.807) is 44.9 Å². The maximum absolute atomic E-state index is 2.71. The van der Waals surface area contributed by atoms with Crippen LogP contribution in [0.1, 0.15) is 91.9 Å². The van der Waals surface area contributed by atoms with Crippen LogP contribution in [-0.4, -0.2) is 0 Å². The third-order valence-electron chi connectivity index (χ3n) is 9.46. The van der Waals surface area contributed by atoms with Gasteiger partial charge in [0.15, 0.2) is 0 Å². The van der Waals surface area contributed by atoms with Gasteiger partial charge >= 0.3 is 0 Å². The average Bonchev–Trinajstić information content (AvgIpc) is 2.84. The van der Waals surface area contributed by atoms with Gasteiger partial charge in [-0.1, -0.05) is 40.5 Å². The minimum absolute atomic E-state index is 0.688. The van der Waals surface area contributed by atoms with Crippen molar-refractivity contribution >= 4 is 0 Å². The molecule has 0 nitrogen and oxygen atoms in total. The van der Waals surface area contributed by atoms with E-state index in [-0.39, 0.29) is 0 Å². The van der Waals surface area contributed by atoms with Crippen LogP contribution in [0.5, 0.6) is 0 Å². The lowest BCUT2D eigenvalue weighted by Crippen LogP contribution is -2.53. The maximum atomic E-state index is 2.71. The minimum atomic E-state index is 0.688. The Balaban J connectivity index is 1.62. The van der Waals surface area contributed by atoms with Gasteiger partial charge in [0.1, 0.15) is 0 Å². The Hall–Kier alpha value is 0. The molecule has 4 aliphatic carbocycles. The first kappa shape index (κ1) is 15.5. The van der Waals surface area contributed by atoms with Gasteiger partial charge in [-0.2, -0.15) is 0 Å². The second-order valence-corrected chi connectivity index (χ2v) is 10.4.